The number of hydrogen-bond donors (Lipinski definition) is 3. The molecule has 1 heterocycles. The molecule has 6 nitrogen and oxygen atoms in total. The van der Waals surface area contributed by atoms with Gasteiger partial charge in [-0.25, -0.2) is 14.2 Å². The van der Waals surface area contributed by atoms with Gasteiger partial charge in [0.15, 0.2) is 0 Å². The van der Waals surface area contributed by atoms with E-state index < -0.39 is 17.8 Å². The summed E-state index contributed by atoms with van der Waals surface area (Å²) in [7, 11) is 1.52. The van der Waals surface area contributed by atoms with Crippen LogP contribution in [0.25, 0.3) is 0 Å². The number of hydrogen-bond acceptors (Lipinski definition) is 5. The van der Waals surface area contributed by atoms with Crippen molar-refractivity contribution < 1.29 is 24.1 Å². The second kappa shape index (κ2) is 6.87. The molecule has 100 valence electrons. The van der Waals surface area contributed by atoms with Crippen molar-refractivity contribution in [3.63, 3.8) is 0 Å². The Hall–Kier alpha value is -1.73. The van der Waals surface area contributed by atoms with Gasteiger partial charge in [0.2, 0.25) is 0 Å². The van der Waals surface area contributed by atoms with Crippen molar-refractivity contribution in [3.05, 3.63) is 23.6 Å². The van der Waals surface area contributed by atoms with E-state index in [0.717, 1.165) is 12.3 Å². The van der Waals surface area contributed by atoms with Crippen LogP contribution in [0.5, 0.6) is 0 Å². The lowest BCUT2D eigenvalue weighted by Crippen LogP contribution is -2.27. The zero-order chi connectivity index (χ0) is 13.5. The van der Waals surface area contributed by atoms with Crippen molar-refractivity contribution in [2.45, 2.75) is 12.5 Å². The first kappa shape index (κ1) is 14.3. The van der Waals surface area contributed by atoms with Crippen LogP contribution in [0.1, 0.15) is 16.8 Å². The highest BCUT2D eigenvalue weighted by Crippen LogP contribution is 2.15. The largest absolute Gasteiger partial charge is 0.478 e. The van der Waals surface area contributed by atoms with Crippen LogP contribution in [0, 0.1) is 5.82 Å². The summed E-state index contributed by atoms with van der Waals surface area (Å²) in [6.07, 6.45) is 1.39. The van der Waals surface area contributed by atoms with Crippen molar-refractivity contribution in [1.29, 1.82) is 0 Å². The molecule has 0 spiro atoms. The van der Waals surface area contributed by atoms with Crippen LogP contribution in [0.4, 0.5) is 10.2 Å². The monoisotopic (exact) mass is 258 g/mol. The predicted molar refractivity (Wildman–Crippen MR) is 62.1 cm³/mol. The Bertz CT molecular complexity index is 414. The number of anilines is 1. The lowest BCUT2D eigenvalue weighted by Gasteiger charge is -2.17. The first-order valence-electron chi connectivity index (χ1n) is 5.33. The molecule has 3 N–H and O–H groups in total. The number of aliphatic hydroxyl groups is 1. The Kier molecular flexibility index (Phi) is 5.47. The zero-order valence-electron chi connectivity index (χ0n) is 9.89. The molecular weight excluding hydrogens is 243 g/mol. The second-order valence-corrected chi connectivity index (χ2v) is 3.66. The van der Waals surface area contributed by atoms with Crippen LogP contribution in [0.15, 0.2) is 12.3 Å². The smallest absolute Gasteiger partial charge is 0.339 e. The maximum Gasteiger partial charge on any atom is 0.339 e. The van der Waals surface area contributed by atoms with E-state index in [0.29, 0.717) is 13.0 Å². The molecule has 0 radical (unpaired) electrons. The van der Waals surface area contributed by atoms with Gasteiger partial charge in [-0.1, -0.05) is 0 Å². The third kappa shape index (κ3) is 3.94. The van der Waals surface area contributed by atoms with Crippen molar-refractivity contribution in [2.24, 2.45) is 0 Å². The third-order valence-electron chi connectivity index (χ3n) is 2.32. The highest BCUT2D eigenvalue weighted by atomic mass is 19.1. The molecule has 1 rings (SSSR count). The molecule has 18 heavy (non-hydrogen) atoms. The topological polar surface area (TPSA) is 91.7 Å². The molecule has 0 aliphatic rings. The van der Waals surface area contributed by atoms with Crippen LogP contribution in [-0.2, 0) is 4.74 Å². The van der Waals surface area contributed by atoms with E-state index in [1.54, 1.807) is 0 Å². The average Bonchev–Trinajstić information content (AvgIpc) is 2.35. The molecule has 1 atom stereocenters. The second-order valence-electron chi connectivity index (χ2n) is 3.66. The molecule has 0 aliphatic carbocycles. The fraction of sp³-hybridized carbons (Fsp3) is 0.455. The Labute approximate surface area is 103 Å². The summed E-state index contributed by atoms with van der Waals surface area (Å²) in [5.74, 6) is -1.98. The van der Waals surface area contributed by atoms with E-state index in [1.165, 1.54) is 7.11 Å². The molecule has 0 saturated carbocycles. The Balaban J connectivity index is 2.84. The first-order valence-corrected chi connectivity index (χ1v) is 5.33. The van der Waals surface area contributed by atoms with Crippen LogP contribution < -0.4 is 5.32 Å². The molecule has 0 aromatic carbocycles. The fourth-order valence-corrected chi connectivity index (χ4v) is 1.38. The van der Waals surface area contributed by atoms with Gasteiger partial charge in [0.1, 0.15) is 17.2 Å². The number of pyridine rings is 1. The van der Waals surface area contributed by atoms with Gasteiger partial charge in [-0.15, -0.1) is 0 Å². The number of nitrogens with zero attached hydrogens (tertiary/aromatic N) is 1. The molecule has 0 bridgehead atoms. The molecular formula is C11H15FN2O4. The molecule has 0 aliphatic heterocycles. The standard InChI is InChI=1S/C11H15FN2O4/c1-18-3-2-8(6-15)14-10-9(11(16)17)4-7(12)5-13-10/h4-5,8,15H,2-3,6H2,1H3,(H,13,14)(H,16,17). The van der Waals surface area contributed by atoms with Crippen LogP contribution in [0.3, 0.4) is 0 Å². The van der Waals surface area contributed by atoms with Crippen molar-refractivity contribution in [2.75, 3.05) is 25.6 Å². The maximum atomic E-state index is 12.9. The van der Waals surface area contributed by atoms with E-state index >= 15 is 0 Å². The van der Waals surface area contributed by atoms with Crippen LogP contribution in [0.2, 0.25) is 0 Å². The highest BCUT2D eigenvalue weighted by molar-refractivity contribution is 5.93. The number of halogens is 1. The SMILES string of the molecule is COCCC(CO)Nc1ncc(F)cc1C(=O)O. The van der Waals surface area contributed by atoms with Gasteiger partial charge >= 0.3 is 5.97 Å². The summed E-state index contributed by atoms with van der Waals surface area (Å²) >= 11 is 0. The van der Waals surface area contributed by atoms with Gasteiger partial charge < -0.3 is 20.3 Å². The summed E-state index contributed by atoms with van der Waals surface area (Å²) in [6, 6.07) is 0.476. The predicted octanol–water partition coefficient (Wildman–Crippen LogP) is 0.728. The van der Waals surface area contributed by atoms with Gasteiger partial charge in [-0.05, 0) is 12.5 Å². The Morgan fingerprint density at radius 2 is 2.39 bits per heavy atom. The molecule has 0 fully saturated rings. The minimum atomic E-state index is -1.28. The van der Waals surface area contributed by atoms with Crippen molar-refractivity contribution in [1.82, 2.24) is 4.98 Å². The van der Waals surface area contributed by atoms with E-state index in [2.05, 4.69) is 10.3 Å². The molecule has 1 aromatic heterocycles. The Morgan fingerprint density at radius 1 is 1.67 bits per heavy atom. The summed E-state index contributed by atoms with van der Waals surface area (Å²) in [5, 5.41) is 20.8. The van der Waals surface area contributed by atoms with Crippen molar-refractivity contribution >= 4 is 11.8 Å². The number of methoxy groups -OCH3 is 1. The van der Waals surface area contributed by atoms with Crippen LogP contribution >= 0.6 is 0 Å². The molecule has 7 heteroatoms. The average molecular weight is 258 g/mol. The number of carboxylic acid groups (broad SMARTS) is 1. The lowest BCUT2D eigenvalue weighted by molar-refractivity contribution is 0.0696. The normalized spacial score (nSPS) is 12.2. The summed E-state index contributed by atoms with van der Waals surface area (Å²) in [4.78, 5) is 14.6. The number of carboxylic acids is 1. The van der Waals surface area contributed by atoms with E-state index in [-0.39, 0.29) is 18.0 Å². The van der Waals surface area contributed by atoms with Crippen LogP contribution in [-0.4, -0.2) is 47.5 Å². The van der Waals surface area contributed by atoms with E-state index in [9.17, 15) is 9.18 Å². The van der Waals surface area contributed by atoms with Gasteiger partial charge in [0.05, 0.1) is 18.8 Å². The maximum absolute atomic E-state index is 12.9. The van der Waals surface area contributed by atoms with Crippen molar-refractivity contribution in [3.8, 4) is 0 Å². The van der Waals surface area contributed by atoms with Gasteiger partial charge in [0, 0.05) is 13.7 Å². The number of rotatable bonds is 7. The van der Waals surface area contributed by atoms with E-state index in [1.807, 2.05) is 0 Å². The summed E-state index contributed by atoms with van der Waals surface area (Å²) in [5.41, 5.74) is -0.272. The Morgan fingerprint density at radius 3 is 2.94 bits per heavy atom. The number of aliphatic hydroxyl groups excluding tert-OH is 1. The first-order chi connectivity index (χ1) is 8.58. The minimum absolute atomic E-state index is 0.0269. The van der Waals surface area contributed by atoms with Gasteiger partial charge in [-0.3, -0.25) is 0 Å². The number of nitrogens with one attached hydrogen (secondary N) is 1. The molecule has 0 amide bonds. The fourth-order valence-electron chi connectivity index (χ4n) is 1.38. The van der Waals surface area contributed by atoms with E-state index in [4.69, 9.17) is 14.9 Å². The minimum Gasteiger partial charge on any atom is -0.478 e. The van der Waals surface area contributed by atoms with Gasteiger partial charge in [0.25, 0.3) is 0 Å². The third-order valence-corrected chi connectivity index (χ3v) is 2.32. The quantitative estimate of drug-likeness (QED) is 0.667. The number of ether oxygens (including phenoxy) is 1. The molecule has 1 unspecified atom stereocenters. The summed E-state index contributed by atoms with van der Waals surface area (Å²) in [6.45, 7) is 0.198. The lowest BCUT2D eigenvalue weighted by atomic mass is 10.2. The zero-order valence-corrected chi connectivity index (χ0v) is 9.89. The number of aromatic nitrogens is 1. The molecule has 0 saturated heterocycles. The molecule has 1 aromatic rings. The summed E-state index contributed by atoms with van der Waals surface area (Å²) < 4.78 is 17.8. The number of aromatic carboxylic acids is 1. The van der Waals surface area contributed by atoms with Gasteiger partial charge in [-0.2, -0.15) is 0 Å². The number of carbonyl (C=O) groups is 1. The highest BCUT2D eigenvalue weighted by Gasteiger charge is 2.16.